The van der Waals surface area contributed by atoms with Crippen molar-refractivity contribution in [2.24, 2.45) is 5.10 Å². The van der Waals surface area contributed by atoms with Crippen molar-refractivity contribution in [1.82, 2.24) is 5.01 Å². The van der Waals surface area contributed by atoms with Crippen LogP contribution in [0.25, 0.3) is 0 Å². The van der Waals surface area contributed by atoms with E-state index < -0.39 is 6.23 Å². The molecule has 6 heteroatoms. The number of rotatable bonds is 4. The Morgan fingerprint density at radius 3 is 2.79 bits per heavy atom. The zero-order chi connectivity index (χ0) is 19.1. The van der Waals surface area contributed by atoms with E-state index in [1.54, 1.807) is 11.3 Å². The van der Waals surface area contributed by atoms with Gasteiger partial charge in [0.1, 0.15) is 0 Å². The molecule has 0 unspecified atom stereocenters. The molecule has 0 radical (unpaired) electrons. The molecule has 4 nitrogen and oxygen atoms in total. The van der Waals surface area contributed by atoms with Gasteiger partial charge < -0.3 is 9.47 Å². The van der Waals surface area contributed by atoms with Crippen LogP contribution in [0.4, 0.5) is 0 Å². The fourth-order valence-corrected chi connectivity index (χ4v) is 4.78. The van der Waals surface area contributed by atoms with Gasteiger partial charge in [-0.1, -0.05) is 48.0 Å². The van der Waals surface area contributed by atoms with E-state index in [9.17, 15) is 0 Å². The number of hydrazone groups is 1. The Hall–Kier alpha value is -2.50. The number of thiophene rings is 1. The van der Waals surface area contributed by atoms with Crippen LogP contribution < -0.4 is 9.47 Å². The van der Waals surface area contributed by atoms with Crippen LogP contribution in [0.1, 0.15) is 41.6 Å². The molecule has 2 atom stereocenters. The van der Waals surface area contributed by atoms with Gasteiger partial charge in [-0.15, -0.1) is 11.3 Å². The number of nitrogens with zero attached hydrogens (tertiary/aromatic N) is 2. The molecule has 0 amide bonds. The number of hydrogen-bond acceptors (Lipinski definition) is 5. The molecular weight excluding hydrogens is 392 g/mol. The number of benzene rings is 2. The lowest BCUT2D eigenvalue weighted by Crippen LogP contribution is -2.34. The first-order chi connectivity index (χ1) is 13.8. The summed E-state index contributed by atoms with van der Waals surface area (Å²) in [5.74, 6) is 1.56. The summed E-state index contributed by atoms with van der Waals surface area (Å²) in [6.45, 7) is 2.57. The van der Waals surface area contributed by atoms with Gasteiger partial charge in [0.15, 0.2) is 11.5 Å². The summed E-state index contributed by atoms with van der Waals surface area (Å²) in [6, 6.07) is 18.1. The Morgan fingerprint density at radius 1 is 1.14 bits per heavy atom. The highest BCUT2D eigenvalue weighted by atomic mass is 35.5. The van der Waals surface area contributed by atoms with Crippen molar-refractivity contribution in [2.75, 3.05) is 6.61 Å². The maximum atomic E-state index is 6.53. The van der Waals surface area contributed by atoms with Crippen LogP contribution in [0.3, 0.4) is 0 Å². The van der Waals surface area contributed by atoms with E-state index in [2.05, 4.69) is 23.6 Å². The monoisotopic (exact) mass is 410 g/mol. The van der Waals surface area contributed by atoms with Crippen LogP contribution in [0.2, 0.25) is 5.02 Å². The van der Waals surface area contributed by atoms with Crippen molar-refractivity contribution in [2.45, 2.75) is 25.6 Å². The summed E-state index contributed by atoms with van der Waals surface area (Å²) >= 11 is 8.24. The smallest absolute Gasteiger partial charge is 0.215 e. The molecule has 1 aromatic heterocycles. The lowest BCUT2D eigenvalue weighted by molar-refractivity contribution is -0.0211. The highest BCUT2D eigenvalue weighted by molar-refractivity contribution is 7.12. The molecule has 2 aliphatic rings. The molecule has 28 heavy (non-hydrogen) atoms. The Morgan fingerprint density at radius 2 is 2.00 bits per heavy atom. The maximum absolute atomic E-state index is 6.53. The predicted molar refractivity (Wildman–Crippen MR) is 112 cm³/mol. The summed E-state index contributed by atoms with van der Waals surface area (Å²) < 4.78 is 12.3. The molecule has 0 N–H and O–H groups in total. The highest BCUT2D eigenvalue weighted by Gasteiger charge is 2.42. The predicted octanol–water partition coefficient (Wildman–Crippen LogP) is 6.04. The number of fused-ring (bicyclic) bond motifs is 3. The van der Waals surface area contributed by atoms with Crippen molar-refractivity contribution < 1.29 is 9.47 Å². The first-order valence-electron chi connectivity index (χ1n) is 9.32. The minimum atomic E-state index is -0.398. The van der Waals surface area contributed by atoms with E-state index in [-0.39, 0.29) is 6.04 Å². The maximum Gasteiger partial charge on any atom is 0.215 e. The van der Waals surface area contributed by atoms with E-state index in [1.165, 1.54) is 4.88 Å². The van der Waals surface area contributed by atoms with Crippen molar-refractivity contribution in [1.29, 1.82) is 0 Å². The van der Waals surface area contributed by atoms with Gasteiger partial charge in [-0.25, -0.2) is 5.01 Å². The van der Waals surface area contributed by atoms with Crippen LogP contribution in [0, 0.1) is 0 Å². The third-order valence-corrected chi connectivity index (χ3v) is 6.32. The minimum Gasteiger partial charge on any atom is -0.490 e. The van der Waals surface area contributed by atoms with Crippen LogP contribution in [0.15, 0.2) is 65.1 Å². The molecule has 3 aromatic rings. The molecule has 0 saturated heterocycles. The average molecular weight is 411 g/mol. The quantitative estimate of drug-likeness (QED) is 0.525. The number of ether oxygens (including phenoxy) is 2. The second-order valence-corrected chi connectivity index (χ2v) is 8.08. The lowest BCUT2D eigenvalue weighted by atomic mass is 9.97. The molecule has 0 bridgehead atoms. The average Bonchev–Trinajstić information content (AvgIpc) is 3.38. The Kier molecular flexibility index (Phi) is 4.49. The standard InChI is InChI=1S/C22H19ClN2O2S/c1-2-26-19-10-5-8-15-18-13-17(20-11-6-12-28-20)24-25(18)22(27-21(15)19)14-7-3-4-9-16(14)23/h3-12,18,22H,2,13H2,1H3/t18-,22-/m1/s1. The molecule has 0 fully saturated rings. The third-order valence-electron chi connectivity index (χ3n) is 5.06. The Bertz CT molecular complexity index is 1030. The van der Waals surface area contributed by atoms with Crippen LogP contribution >= 0.6 is 22.9 Å². The largest absolute Gasteiger partial charge is 0.490 e. The summed E-state index contributed by atoms with van der Waals surface area (Å²) in [6.07, 6.45) is 0.429. The molecule has 2 aliphatic heterocycles. The second kappa shape index (κ2) is 7.15. The van der Waals surface area contributed by atoms with Gasteiger partial charge in [-0.2, -0.15) is 5.10 Å². The summed E-state index contributed by atoms with van der Waals surface area (Å²) in [5.41, 5.74) is 3.09. The first kappa shape index (κ1) is 17.6. The van der Waals surface area contributed by atoms with Crippen LogP contribution in [-0.4, -0.2) is 17.3 Å². The normalized spacial score (nSPS) is 20.2. The van der Waals surface area contributed by atoms with E-state index in [0.717, 1.165) is 34.8 Å². The topological polar surface area (TPSA) is 34.1 Å². The van der Waals surface area contributed by atoms with Gasteiger partial charge >= 0.3 is 0 Å². The Labute approximate surface area is 173 Å². The molecule has 0 saturated carbocycles. The molecule has 5 rings (SSSR count). The molecule has 0 aliphatic carbocycles. The van der Waals surface area contributed by atoms with Gasteiger partial charge in [-0.3, -0.25) is 0 Å². The third kappa shape index (κ3) is 2.86. The molecule has 2 aromatic carbocycles. The van der Waals surface area contributed by atoms with Crippen molar-refractivity contribution in [3.05, 3.63) is 81.0 Å². The van der Waals surface area contributed by atoms with Crippen LogP contribution in [-0.2, 0) is 0 Å². The zero-order valence-corrected chi connectivity index (χ0v) is 16.9. The van der Waals surface area contributed by atoms with E-state index in [4.69, 9.17) is 26.2 Å². The van der Waals surface area contributed by atoms with Gasteiger partial charge in [-0.05, 0) is 30.5 Å². The second-order valence-electron chi connectivity index (χ2n) is 6.72. The van der Waals surface area contributed by atoms with Crippen molar-refractivity contribution in [3.8, 4) is 11.5 Å². The summed E-state index contributed by atoms with van der Waals surface area (Å²) in [7, 11) is 0. The van der Waals surface area contributed by atoms with Crippen LogP contribution in [0.5, 0.6) is 11.5 Å². The lowest BCUT2D eigenvalue weighted by Gasteiger charge is -2.39. The van der Waals surface area contributed by atoms with E-state index >= 15 is 0 Å². The van der Waals surface area contributed by atoms with Gasteiger partial charge in [0, 0.05) is 22.6 Å². The number of para-hydroxylation sites is 1. The molecule has 0 spiro atoms. The zero-order valence-electron chi connectivity index (χ0n) is 15.3. The highest BCUT2D eigenvalue weighted by Crippen LogP contribution is 2.51. The first-order valence-corrected chi connectivity index (χ1v) is 10.6. The van der Waals surface area contributed by atoms with Gasteiger partial charge in [0.2, 0.25) is 6.23 Å². The fraction of sp³-hybridized carbons (Fsp3) is 0.227. The molecular formula is C22H19ClN2O2S. The van der Waals surface area contributed by atoms with Crippen molar-refractivity contribution >= 4 is 28.6 Å². The molecule has 142 valence electrons. The fourth-order valence-electron chi connectivity index (χ4n) is 3.83. The van der Waals surface area contributed by atoms with Crippen molar-refractivity contribution in [3.63, 3.8) is 0 Å². The Balaban J connectivity index is 1.64. The minimum absolute atomic E-state index is 0.0857. The SMILES string of the molecule is CCOc1cccc2c1O[C@H](c1ccccc1Cl)N1N=C(c3cccs3)C[C@H]21. The molecule has 3 heterocycles. The van der Waals surface area contributed by atoms with Gasteiger partial charge in [0.25, 0.3) is 0 Å². The number of hydrogen-bond donors (Lipinski definition) is 0. The van der Waals surface area contributed by atoms with Gasteiger partial charge in [0.05, 0.1) is 23.2 Å². The van der Waals surface area contributed by atoms with E-state index in [1.807, 2.05) is 48.3 Å². The number of halogens is 1. The van der Waals surface area contributed by atoms with E-state index in [0.29, 0.717) is 11.6 Å². The summed E-state index contributed by atoms with van der Waals surface area (Å²) in [4.78, 5) is 1.19. The summed E-state index contributed by atoms with van der Waals surface area (Å²) in [5, 5.41) is 9.76.